The van der Waals surface area contributed by atoms with Crippen LogP contribution in [-0.2, 0) is 15.2 Å². The summed E-state index contributed by atoms with van der Waals surface area (Å²) in [6, 6.07) is 10.2. The van der Waals surface area contributed by atoms with E-state index < -0.39 is 20.8 Å². The van der Waals surface area contributed by atoms with Crippen LogP contribution >= 0.6 is 10.7 Å². The lowest BCUT2D eigenvalue weighted by atomic mass is 10.0. The zero-order chi connectivity index (χ0) is 15.0. The minimum absolute atomic E-state index is 0.0737. The molecule has 2 nitrogen and oxygen atoms in total. The molecule has 0 aromatic heterocycles. The van der Waals surface area contributed by atoms with Crippen LogP contribution < -0.4 is 0 Å². The third kappa shape index (κ3) is 3.13. The summed E-state index contributed by atoms with van der Waals surface area (Å²) in [5.74, 6) is 0. The first-order valence-corrected chi connectivity index (χ1v) is 7.72. The van der Waals surface area contributed by atoms with Crippen LogP contribution in [0.3, 0.4) is 0 Å². The molecule has 0 aliphatic heterocycles. The number of hydrogen-bond acceptors (Lipinski definition) is 2. The highest BCUT2D eigenvalue weighted by atomic mass is 35.7. The highest BCUT2D eigenvalue weighted by Gasteiger charge is 2.32. The fourth-order valence-electron chi connectivity index (χ4n) is 1.76. The van der Waals surface area contributed by atoms with Crippen LogP contribution in [0.15, 0.2) is 53.4 Å². The van der Waals surface area contributed by atoms with Crippen LogP contribution in [0.5, 0.6) is 0 Å². The Morgan fingerprint density at radius 3 is 2.05 bits per heavy atom. The second-order valence-corrected chi connectivity index (χ2v) is 6.55. The molecule has 2 rings (SSSR count). The molecule has 0 saturated carbocycles. The van der Waals surface area contributed by atoms with Gasteiger partial charge in [-0.2, -0.15) is 13.2 Å². The summed E-state index contributed by atoms with van der Waals surface area (Å²) in [5.41, 5.74) is -0.659. The van der Waals surface area contributed by atoms with E-state index in [0.29, 0.717) is 11.6 Å². The molecule has 7 heteroatoms. The van der Waals surface area contributed by atoms with Gasteiger partial charge in [0.05, 0.1) is 10.5 Å². The van der Waals surface area contributed by atoms with Gasteiger partial charge in [-0.15, -0.1) is 0 Å². The lowest BCUT2D eigenvalue weighted by Crippen LogP contribution is -2.06. The largest absolute Gasteiger partial charge is 0.416 e. The first kappa shape index (κ1) is 14.9. The van der Waals surface area contributed by atoms with E-state index in [-0.39, 0.29) is 10.5 Å². The van der Waals surface area contributed by atoms with E-state index in [2.05, 4.69) is 0 Å². The summed E-state index contributed by atoms with van der Waals surface area (Å²) in [5, 5.41) is 0. The Labute approximate surface area is 118 Å². The maximum atomic E-state index is 12.7. The van der Waals surface area contributed by atoms with Gasteiger partial charge in [0.1, 0.15) is 0 Å². The second-order valence-electron chi connectivity index (χ2n) is 4.01. The van der Waals surface area contributed by atoms with E-state index in [1.165, 1.54) is 12.1 Å². The van der Waals surface area contributed by atoms with Crippen molar-refractivity contribution in [3.05, 3.63) is 54.1 Å². The molecule has 2 aromatic carbocycles. The molecule has 0 fully saturated rings. The maximum Gasteiger partial charge on any atom is 0.416 e. The van der Waals surface area contributed by atoms with Crippen molar-refractivity contribution in [2.45, 2.75) is 11.1 Å². The molecule has 0 heterocycles. The van der Waals surface area contributed by atoms with E-state index in [0.717, 1.165) is 12.1 Å². The van der Waals surface area contributed by atoms with Crippen LogP contribution in [-0.4, -0.2) is 8.42 Å². The first-order chi connectivity index (χ1) is 9.19. The van der Waals surface area contributed by atoms with Crippen LogP contribution in [0.1, 0.15) is 5.56 Å². The van der Waals surface area contributed by atoms with E-state index in [4.69, 9.17) is 10.7 Å². The number of rotatable bonds is 2. The molecular weight excluding hydrogens is 313 g/mol. The number of benzene rings is 2. The van der Waals surface area contributed by atoms with Crippen LogP contribution in [0.25, 0.3) is 11.1 Å². The fraction of sp³-hybridized carbons (Fsp3) is 0.0769. The molecule has 0 amide bonds. The molecule has 2 aromatic rings. The number of halogens is 4. The van der Waals surface area contributed by atoms with Gasteiger partial charge in [0.2, 0.25) is 0 Å². The average Bonchev–Trinajstić information content (AvgIpc) is 2.37. The standard InChI is InChI=1S/C13H8ClF3O2S/c14-20(18,19)12-7-6-10(13(15,16)17)8-11(12)9-4-2-1-3-5-9/h1-8H. The van der Waals surface area contributed by atoms with Gasteiger partial charge >= 0.3 is 6.18 Å². The Balaban J connectivity index is 2.74. The minimum atomic E-state index is -4.56. The normalized spacial score (nSPS) is 12.4. The summed E-state index contributed by atoms with van der Waals surface area (Å²) >= 11 is 0. The quantitative estimate of drug-likeness (QED) is 0.773. The van der Waals surface area contributed by atoms with Crippen molar-refractivity contribution in [2.24, 2.45) is 0 Å². The van der Waals surface area contributed by atoms with Gasteiger partial charge in [0.25, 0.3) is 9.05 Å². The van der Waals surface area contributed by atoms with Crippen LogP contribution in [0.4, 0.5) is 13.2 Å². The fourth-order valence-corrected chi connectivity index (χ4v) is 2.84. The van der Waals surface area contributed by atoms with Gasteiger partial charge in [0.15, 0.2) is 0 Å². The van der Waals surface area contributed by atoms with Gasteiger partial charge in [-0.05, 0) is 23.8 Å². The first-order valence-electron chi connectivity index (χ1n) is 5.41. The van der Waals surface area contributed by atoms with Gasteiger partial charge in [-0.25, -0.2) is 8.42 Å². The predicted octanol–water partition coefficient (Wildman–Crippen LogP) is 4.30. The summed E-state index contributed by atoms with van der Waals surface area (Å²) in [7, 11) is 1.13. The van der Waals surface area contributed by atoms with Gasteiger partial charge in [-0.3, -0.25) is 0 Å². The Hall–Kier alpha value is -1.53. The molecule has 20 heavy (non-hydrogen) atoms. The Bertz CT molecular complexity index is 725. The summed E-state index contributed by atoms with van der Waals surface area (Å²) in [4.78, 5) is -0.349. The zero-order valence-corrected chi connectivity index (χ0v) is 11.4. The van der Waals surface area contributed by atoms with Gasteiger partial charge < -0.3 is 0 Å². The molecule has 0 atom stereocenters. The van der Waals surface area contributed by atoms with E-state index >= 15 is 0 Å². The molecule has 0 spiro atoms. The topological polar surface area (TPSA) is 34.1 Å². The molecule has 0 radical (unpaired) electrons. The second kappa shape index (κ2) is 5.10. The highest BCUT2D eigenvalue weighted by molar-refractivity contribution is 8.13. The summed E-state index contributed by atoms with van der Waals surface area (Å²) in [6.07, 6.45) is -4.56. The van der Waals surface area contributed by atoms with Gasteiger partial charge in [-0.1, -0.05) is 30.3 Å². The number of hydrogen-bond donors (Lipinski definition) is 0. The third-order valence-corrected chi connectivity index (χ3v) is 4.03. The molecule has 0 aliphatic carbocycles. The average molecular weight is 321 g/mol. The number of alkyl halides is 3. The van der Waals surface area contributed by atoms with Crippen molar-refractivity contribution in [1.82, 2.24) is 0 Å². The van der Waals surface area contributed by atoms with Crippen molar-refractivity contribution < 1.29 is 21.6 Å². The van der Waals surface area contributed by atoms with Crippen molar-refractivity contribution in [2.75, 3.05) is 0 Å². The third-order valence-electron chi connectivity index (χ3n) is 2.65. The summed E-state index contributed by atoms with van der Waals surface area (Å²) in [6.45, 7) is 0. The van der Waals surface area contributed by atoms with Crippen molar-refractivity contribution in [3.63, 3.8) is 0 Å². The lowest BCUT2D eigenvalue weighted by molar-refractivity contribution is -0.137. The summed E-state index contributed by atoms with van der Waals surface area (Å²) < 4.78 is 61.1. The van der Waals surface area contributed by atoms with E-state index in [9.17, 15) is 21.6 Å². The van der Waals surface area contributed by atoms with Crippen LogP contribution in [0.2, 0.25) is 0 Å². The molecule has 0 saturated heterocycles. The van der Waals surface area contributed by atoms with Crippen LogP contribution in [0, 0.1) is 0 Å². The molecule has 0 bridgehead atoms. The highest BCUT2D eigenvalue weighted by Crippen LogP contribution is 2.36. The van der Waals surface area contributed by atoms with Gasteiger partial charge in [0, 0.05) is 16.2 Å². The molecule has 0 N–H and O–H groups in total. The maximum absolute atomic E-state index is 12.7. The molecular formula is C13H8ClF3O2S. The molecule has 0 unspecified atom stereocenters. The Morgan fingerprint density at radius 1 is 0.950 bits per heavy atom. The van der Waals surface area contributed by atoms with Crippen molar-refractivity contribution in [1.29, 1.82) is 0 Å². The zero-order valence-electron chi connectivity index (χ0n) is 9.86. The Kier molecular flexibility index (Phi) is 3.80. The molecule has 0 aliphatic rings. The molecule has 106 valence electrons. The predicted molar refractivity (Wildman–Crippen MR) is 69.9 cm³/mol. The smallest absolute Gasteiger partial charge is 0.207 e. The minimum Gasteiger partial charge on any atom is -0.207 e. The van der Waals surface area contributed by atoms with Crippen molar-refractivity contribution >= 4 is 19.7 Å². The Morgan fingerprint density at radius 2 is 1.55 bits per heavy atom. The van der Waals surface area contributed by atoms with E-state index in [1.54, 1.807) is 18.2 Å². The van der Waals surface area contributed by atoms with Crippen molar-refractivity contribution in [3.8, 4) is 11.1 Å². The lowest BCUT2D eigenvalue weighted by Gasteiger charge is -2.12. The SMILES string of the molecule is O=S(=O)(Cl)c1ccc(C(F)(F)F)cc1-c1ccccc1. The van der Waals surface area contributed by atoms with E-state index in [1.807, 2.05) is 0 Å². The monoisotopic (exact) mass is 320 g/mol.